The Hall–Kier alpha value is -3.03. The van der Waals surface area contributed by atoms with Gasteiger partial charge in [0.2, 0.25) is 0 Å². The summed E-state index contributed by atoms with van der Waals surface area (Å²) in [6.45, 7) is 0. The number of hydrogen-bond acceptors (Lipinski definition) is 4. The van der Waals surface area contributed by atoms with Crippen LogP contribution >= 0.6 is 11.3 Å². The van der Waals surface area contributed by atoms with Crippen molar-refractivity contribution in [2.45, 2.75) is 12.0 Å². The predicted molar refractivity (Wildman–Crippen MR) is 103 cm³/mol. The van der Waals surface area contributed by atoms with Crippen molar-refractivity contribution in [2.24, 2.45) is 0 Å². The second kappa shape index (κ2) is 7.07. The number of benzene rings is 2. The minimum Gasteiger partial charge on any atom is -0.497 e. The molecule has 2 aromatic carbocycles. The number of hydrogen-bond donors (Lipinski definition) is 0. The number of thiophene rings is 1. The zero-order valence-electron chi connectivity index (χ0n) is 14.3. The first-order valence-corrected chi connectivity index (χ1v) is 9.23. The molecule has 0 N–H and O–H groups in total. The summed E-state index contributed by atoms with van der Waals surface area (Å²) >= 11 is 1.65. The molecule has 0 saturated carbocycles. The van der Waals surface area contributed by atoms with Gasteiger partial charge in [0.05, 0.1) is 24.7 Å². The summed E-state index contributed by atoms with van der Waals surface area (Å²) in [5.41, 5.74) is 2.65. The van der Waals surface area contributed by atoms with Gasteiger partial charge in [0, 0.05) is 10.4 Å². The number of methoxy groups -OCH3 is 1. The SMILES string of the molecule is COc1ccc(C2=C(C#N)[C@H](c3ccccc3)[C@H](c3cccs3)O2)cc1. The summed E-state index contributed by atoms with van der Waals surface area (Å²) in [4.78, 5) is 1.12. The monoisotopic (exact) mass is 359 g/mol. The molecule has 26 heavy (non-hydrogen) atoms. The van der Waals surface area contributed by atoms with Crippen molar-refractivity contribution < 1.29 is 9.47 Å². The molecule has 2 heterocycles. The Labute approximate surface area is 156 Å². The molecule has 0 spiro atoms. The number of rotatable bonds is 4. The van der Waals surface area contributed by atoms with Crippen molar-refractivity contribution >= 4 is 17.1 Å². The van der Waals surface area contributed by atoms with Crippen LogP contribution in [0.2, 0.25) is 0 Å². The molecule has 1 aliphatic heterocycles. The molecule has 1 aromatic heterocycles. The molecule has 3 nitrogen and oxygen atoms in total. The summed E-state index contributed by atoms with van der Waals surface area (Å²) in [7, 11) is 1.64. The second-order valence-corrected chi connectivity index (χ2v) is 7.00. The molecule has 0 amide bonds. The van der Waals surface area contributed by atoms with Crippen LogP contribution in [-0.4, -0.2) is 7.11 Å². The summed E-state index contributed by atoms with van der Waals surface area (Å²) < 4.78 is 11.6. The third-order valence-corrected chi connectivity index (χ3v) is 5.49. The Morgan fingerprint density at radius 3 is 2.38 bits per heavy atom. The molecular weight excluding hydrogens is 342 g/mol. The Bertz CT molecular complexity index is 954. The van der Waals surface area contributed by atoms with Gasteiger partial charge in [0.25, 0.3) is 0 Å². The first-order valence-electron chi connectivity index (χ1n) is 8.35. The summed E-state index contributed by atoms with van der Waals surface area (Å²) in [6.07, 6.45) is -0.191. The average molecular weight is 359 g/mol. The highest BCUT2D eigenvalue weighted by molar-refractivity contribution is 7.10. The molecule has 4 rings (SSSR count). The van der Waals surface area contributed by atoms with Crippen LogP contribution in [0.4, 0.5) is 0 Å². The van der Waals surface area contributed by atoms with Crippen LogP contribution in [0.15, 0.2) is 77.7 Å². The Morgan fingerprint density at radius 2 is 1.77 bits per heavy atom. The standard InChI is InChI=1S/C22H17NO2S/c1-24-17-11-9-16(10-12-17)21-18(14-23)20(15-6-3-2-4-7-15)22(25-21)19-8-5-13-26-19/h2-13,20,22H,1H3/t20-,22-/m0/s1. The lowest BCUT2D eigenvalue weighted by Crippen LogP contribution is -2.07. The number of nitrogens with zero attached hydrogens (tertiary/aromatic N) is 1. The van der Waals surface area contributed by atoms with Crippen LogP contribution in [-0.2, 0) is 4.74 Å². The molecule has 3 aromatic rings. The Morgan fingerprint density at radius 1 is 1.00 bits per heavy atom. The summed E-state index contributed by atoms with van der Waals surface area (Å²) in [5, 5.41) is 12.0. The van der Waals surface area contributed by atoms with Gasteiger partial charge in [0.1, 0.15) is 17.6 Å². The molecule has 0 radical (unpaired) electrons. The number of ether oxygens (including phenoxy) is 2. The van der Waals surface area contributed by atoms with E-state index in [4.69, 9.17) is 9.47 Å². The highest BCUT2D eigenvalue weighted by Gasteiger charge is 2.40. The van der Waals surface area contributed by atoms with Crippen molar-refractivity contribution in [3.05, 3.63) is 93.7 Å². The van der Waals surface area contributed by atoms with Gasteiger partial charge in [-0.25, -0.2) is 0 Å². The molecule has 128 valence electrons. The topological polar surface area (TPSA) is 42.2 Å². The highest BCUT2D eigenvalue weighted by Crippen LogP contribution is 2.51. The van der Waals surface area contributed by atoms with E-state index < -0.39 is 0 Å². The van der Waals surface area contributed by atoms with Crippen molar-refractivity contribution in [3.8, 4) is 11.8 Å². The highest BCUT2D eigenvalue weighted by atomic mass is 32.1. The minimum atomic E-state index is -0.191. The molecule has 0 bridgehead atoms. The van der Waals surface area contributed by atoms with Crippen LogP contribution in [0.5, 0.6) is 5.75 Å². The van der Waals surface area contributed by atoms with E-state index in [-0.39, 0.29) is 12.0 Å². The Kier molecular flexibility index (Phi) is 4.47. The molecule has 0 unspecified atom stereocenters. The van der Waals surface area contributed by atoms with Crippen molar-refractivity contribution in [1.82, 2.24) is 0 Å². The fourth-order valence-electron chi connectivity index (χ4n) is 3.31. The normalized spacial score (nSPS) is 19.1. The van der Waals surface area contributed by atoms with E-state index in [1.54, 1.807) is 18.4 Å². The van der Waals surface area contributed by atoms with E-state index in [1.165, 1.54) is 0 Å². The summed E-state index contributed by atoms with van der Waals surface area (Å²) in [6, 6.07) is 24.2. The predicted octanol–water partition coefficient (Wildman–Crippen LogP) is 5.55. The fourth-order valence-corrected chi connectivity index (χ4v) is 4.10. The maximum atomic E-state index is 9.94. The average Bonchev–Trinajstić information content (AvgIpc) is 3.36. The lowest BCUT2D eigenvalue weighted by Gasteiger charge is -2.19. The molecule has 4 heteroatoms. The maximum Gasteiger partial charge on any atom is 0.145 e. The van der Waals surface area contributed by atoms with Crippen LogP contribution in [0.1, 0.15) is 28.0 Å². The van der Waals surface area contributed by atoms with Crippen molar-refractivity contribution in [1.29, 1.82) is 5.26 Å². The van der Waals surface area contributed by atoms with Gasteiger partial charge >= 0.3 is 0 Å². The van der Waals surface area contributed by atoms with Crippen LogP contribution < -0.4 is 4.74 Å². The third kappa shape index (κ3) is 2.87. The van der Waals surface area contributed by atoms with Gasteiger partial charge in [-0.05, 0) is 41.3 Å². The van der Waals surface area contributed by atoms with E-state index in [0.29, 0.717) is 11.3 Å². The van der Waals surface area contributed by atoms with Crippen LogP contribution in [0, 0.1) is 11.3 Å². The fraction of sp³-hybridized carbons (Fsp3) is 0.136. The van der Waals surface area contributed by atoms with Gasteiger partial charge in [-0.15, -0.1) is 11.3 Å². The zero-order valence-corrected chi connectivity index (χ0v) is 15.1. The van der Waals surface area contributed by atoms with Gasteiger partial charge in [-0.1, -0.05) is 36.4 Å². The molecular formula is C22H17NO2S. The molecule has 1 aliphatic rings. The zero-order chi connectivity index (χ0) is 17.9. The largest absolute Gasteiger partial charge is 0.497 e. The molecule has 2 atom stereocenters. The van der Waals surface area contributed by atoms with E-state index in [2.05, 4.69) is 24.3 Å². The van der Waals surface area contributed by atoms with Gasteiger partial charge in [0.15, 0.2) is 0 Å². The van der Waals surface area contributed by atoms with E-state index >= 15 is 0 Å². The minimum absolute atomic E-state index is 0.114. The first kappa shape index (κ1) is 16.4. The number of nitriles is 1. The van der Waals surface area contributed by atoms with Crippen molar-refractivity contribution in [2.75, 3.05) is 7.11 Å². The Balaban J connectivity index is 1.83. The molecule has 0 fully saturated rings. The molecule has 0 saturated heterocycles. The van der Waals surface area contributed by atoms with Crippen molar-refractivity contribution in [3.63, 3.8) is 0 Å². The second-order valence-electron chi connectivity index (χ2n) is 6.03. The molecule has 0 aliphatic carbocycles. The van der Waals surface area contributed by atoms with E-state index in [0.717, 1.165) is 21.8 Å². The van der Waals surface area contributed by atoms with Gasteiger partial charge < -0.3 is 9.47 Å². The maximum absolute atomic E-state index is 9.94. The van der Waals surface area contributed by atoms with E-state index in [9.17, 15) is 5.26 Å². The third-order valence-electron chi connectivity index (χ3n) is 4.56. The smallest absolute Gasteiger partial charge is 0.145 e. The van der Waals surface area contributed by atoms with E-state index in [1.807, 2.05) is 53.9 Å². The van der Waals surface area contributed by atoms with Crippen LogP contribution in [0.3, 0.4) is 0 Å². The summed E-state index contributed by atoms with van der Waals surface area (Å²) in [5.74, 6) is 1.32. The van der Waals surface area contributed by atoms with Gasteiger partial charge in [-0.3, -0.25) is 0 Å². The lowest BCUT2D eigenvalue weighted by molar-refractivity contribution is 0.182. The first-order chi connectivity index (χ1) is 12.8. The van der Waals surface area contributed by atoms with Gasteiger partial charge in [-0.2, -0.15) is 5.26 Å². The lowest BCUT2D eigenvalue weighted by atomic mass is 9.87. The van der Waals surface area contributed by atoms with Crippen LogP contribution in [0.25, 0.3) is 5.76 Å². The quantitative estimate of drug-likeness (QED) is 0.613.